The lowest BCUT2D eigenvalue weighted by atomic mass is 9.90. The smallest absolute Gasteiger partial charge is 0.116 e. The van der Waals surface area contributed by atoms with Crippen molar-refractivity contribution >= 4 is 10.8 Å². The van der Waals surface area contributed by atoms with E-state index >= 15 is 0 Å². The van der Waals surface area contributed by atoms with Gasteiger partial charge in [0.25, 0.3) is 0 Å². The number of aromatic hydroxyl groups is 1. The van der Waals surface area contributed by atoms with E-state index in [1.807, 2.05) is 24.3 Å². The third-order valence-electron chi connectivity index (χ3n) is 4.48. The third-order valence-corrected chi connectivity index (χ3v) is 4.48. The summed E-state index contributed by atoms with van der Waals surface area (Å²) in [5.74, 6) is 0.598. The summed E-state index contributed by atoms with van der Waals surface area (Å²) in [5.41, 5.74) is 7.20. The number of fused-ring (bicyclic) bond motifs is 1. The zero-order valence-electron chi connectivity index (χ0n) is 11.5. The number of phenols is 1. The number of hydrogen-bond donors (Lipinski definition) is 3. The quantitative estimate of drug-likeness (QED) is 0.803. The van der Waals surface area contributed by atoms with Crippen molar-refractivity contribution in [3.05, 3.63) is 42.0 Å². The van der Waals surface area contributed by atoms with Gasteiger partial charge in [-0.1, -0.05) is 31.0 Å². The molecule has 0 saturated heterocycles. The van der Waals surface area contributed by atoms with E-state index in [2.05, 4.69) is 0 Å². The first-order valence-electron chi connectivity index (χ1n) is 7.31. The molecule has 2 atom stereocenters. The fourth-order valence-corrected chi connectivity index (χ4v) is 3.25. The predicted octanol–water partition coefficient (Wildman–Crippen LogP) is 3.10. The van der Waals surface area contributed by atoms with Gasteiger partial charge in [0.05, 0.1) is 12.1 Å². The molecular weight excluding hydrogens is 250 g/mol. The largest absolute Gasteiger partial charge is 0.508 e. The summed E-state index contributed by atoms with van der Waals surface area (Å²) < 4.78 is 0. The standard InChI is InChI=1S/C17H21NO2/c18-16(17(20)11-3-1-2-4-11)14-6-5-13-10-15(19)8-7-12(13)9-14/h5-11,16-17,19-20H,1-4,18H2/t16-,17+/m1/s1. The third kappa shape index (κ3) is 2.51. The molecular formula is C17H21NO2. The number of benzene rings is 2. The molecule has 3 heteroatoms. The van der Waals surface area contributed by atoms with Crippen LogP contribution in [0.4, 0.5) is 0 Å². The Kier molecular flexibility index (Phi) is 3.64. The predicted molar refractivity (Wildman–Crippen MR) is 80.5 cm³/mol. The first kappa shape index (κ1) is 13.4. The molecule has 0 radical (unpaired) electrons. The molecule has 1 aliphatic rings. The summed E-state index contributed by atoms with van der Waals surface area (Å²) in [6, 6.07) is 10.9. The van der Waals surface area contributed by atoms with Gasteiger partial charge in [-0.3, -0.25) is 0 Å². The van der Waals surface area contributed by atoms with Gasteiger partial charge in [-0.15, -0.1) is 0 Å². The van der Waals surface area contributed by atoms with Crippen LogP contribution in [-0.2, 0) is 0 Å². The summed E-state index contributed by atoms with van der Waals surface area (Å²) in [7, 11) is 0. The van der Waals surface area contributed by atoms with Crippen LogP contribution >= 0.6 is 0 Å². The normalized spacial score (nSPS) is 19.3. The van der Waals surface area contributed by atoms with E-state index in [0.29, 0.717) is 5.92 Å². The van der Waals surface area contributed by atoms with Crippen LogP contribution in [0.15, 0.2) is 36.4 Å². The van der Waals surface area contributed by atoms with Crippen molar-refractivity contribution in [1.82, 2.24) is 0 Å². The molecule has 2 aromatic carbocycles. The number of aliphatic hydroxyl groups excluding tert-OH is 1. The second-order valence-corrected chi connectivity index (χ2v) is 5.85. The van der Waals surface area contributed by atoms with Gasteiger partial charge >= 0.3 is 0 Å². The van der Waals surface area contributed by atoms with E-state index in [1.54, 1.807) is 12.1 Å². The highest BCUT2D eigenvalue weighted by atomic mass is 16.3. The average molecular weight is 271 g/mol. The molecule has 1 fully saturated rings. The van der Waals surface area contributed by atoms with Crippen LogP contribution in [0.1, 0.15) is 37.3 Å². The number of phenolic OH excluding ortho intramolecular Hbond substituents is 1. The molecule has 3 rings (SSSR count). The first-order chi connectivity index (χ1) is 9.65. The minimum Gasteiger partial charge on any atom is -0.508 e. The molecule has 0 unspecified atom stereocenters. The van der Waals surface area contributed by atoms with Gasteiger partial charge in [0.1, 0.15) is 5.75 Å². The van der Waals surface area contributed by atoms with Crippen molar-refractivity contribution in [2.75, 3.05) is 0 Å². The van der Waals surface area contributed by atoms with Gasteiger partial charge in [0.2, 0.25) is 0 Å². The molecule has 0 spiro atoms. The number of nitrogens with two attached hydrogens (primary N) is 1. The molecule has 3 nitrogen and oxygen atoms in total. The van der Waals surface area contributed by atoms with E-state index in [9.17, 15) is 10.2 Å². The zero-order chi connectivity index (χ0) is 14.1. The first-order valence-corrected chi connectivity index (χ1v) is 7.31. The van der Waals surface area contributed by atoms with Crippen LogP contribution < -0.4 is 5.73 Å². The number of hydrogen-bond acceptors (Lipinski definition) is 3. The second-order valence-electron chi connectivity index (χ2n) is 5.85. The van der Waals surface area contributed by atoms with Crippen molar-refractivity contribution in [3.8, 4) is 5.75 Å². The van der Waals surface area contributed by atoms with E-state index in [0.717, 1.165) is 29.2 Å². The topological polar surface area (TPSA) is 66.5 Å². The molecule has 1 aliphatic carbocycles. The van der Waals surface area contributed by atoms with Gasteiger partial charge in [0.15, 0.2) is 0 Å². The van der Waals surface area contributed by atoms with Crippen molar-refractivity contribution in [2.24, 2.45) is 11.7 Å². The van der Waals surface area contributed by atoms with Crippen LogP contribution in [0.3, 0.4) is 0 Å². The lowest BCUT2D eigenvalue weighted by molar-refractivity contribution is 0.0845. The van der Waals surface area contributed by atoms with Crippen LogP contribution in [0.5, 0.6) is 5.75 Å². The van der Waals surface area contributed by atoms with Gasteiger partial charge < -0.3 is 15.9 Å². The summed E-state index contributed by atoms with van der Waals surface area (Å²) in [6.45, 7) is 0. The molecule has 20 heavy (non-hydrogen) atoms. The Morgan fingerprint density at radius 2 is 1.65 bits per heavy atom. The van der Waals surface area contributed by atoms with E-state index < -0.39 is 6.10 Å². The Balaban J connectivity index is 1.87. The SMILES string of the molecule is N[C@H](c1ccc2cc(O)ccc2c1)[C@@H](O)C1CCCC1. The Morgan fingerprint density at radius 3 is 2.40 bits per heavy atom. The lowest BCUT2D eigenvalue weighted by Gasteiger charge is -2.24. The van der Waals surface area contributed by atoms with Crippen molar-refractivity contribution in [2.45, 2.75) is 37.8 Å². The Bertz CT molecular complexity index is 605. The fraction of sp³-hybridized carbons (Fsp3) is 0.412. The molecule has 0 aromatic heterocycles. The molecule has 0 amide bonds. The molecule has 106 valence electrons. The molecule has 0 bridgehead atoms. The Labute approximate surface area is 119 Å². The van der Waals surface area contributed by atoms with Gasteiger partial charge in [-0.05, 0) is 53.3 Å². The highest BCUT2D eigenvalue weighted by molar-refractivity contribution is 5.84. The maximum atomic E-state index is 10.4. The molecule has 0 aliphatic heterocycles. The summed E-state index contributed by atoms with van der Waals surface area (Å²) >= 11 is 0. The summed E-state index contributed by atoms with van der Waals surface area (Å²) in [4.78, 5) is 0. The fourth-order valence-electron chi connectivity index (χ4n) is 3.25. The van der Waals surface area contributed by atoms with Crippen LogP contribution in [0, 0.1) is 5.92 Å². The highest BCUT2D eigenvalue weighted by Crippen LogP contribution is 2.33. The van der Waals surface area contributed by atoms with Gasteiger partial charge in [-0.2, -0.15) is 0 Å². The minimum atomic E-state index is -0.466. The van der Waals surface area contributed by atoms with E-state index in [1.165, 1.54) is 12.8 Å². The second kappa shape index (κ2) is 5.43. The maximum Gasteiger partial charge on any atom is 0.116 e. The van der Waals surface area contributed by atoms with Crippen molar-refractivity contribution < 1.29 is 10.2 Å². The van der Waals surface area contributed by atoms with Gasteiger partial charge in [0, 0.05) is 0 Å². The zero-order valence-corrected chi connectivity index (χ0v) is 11.5. The Hall–Kier alpha value is -1.58. The average Bonchev–Trinajstić information content (AvgIpc) is 2.99. The highest BCUT2D eigenvalue weighted by Gasteiger charge is 2.28. The van der Waals surface area contributed by atoms with Crippen LogP contribution in [0.25, 0.3) is 10.8 Å². The summed E-state index contributed by atoms with van der Waals surface area (Å²) in [6.07, 6.45) is 4.09. The monoisotopic (exact) mass is 271 g/mol. The van der Waals surface area contributed by atoms with E-state index in [-0.39, 0.29) is 11.8 Å². The number of rotatable bonds is 3. The van der Waals surface area contributed by atoms with Crippen molar-refractivity contribution in [3.63, 3.8) is 0 Å². The van der Waals surface area contributed by atoms with E-state index in [4.69, 9.17) is 5.73 Å². The molecule has 2 aromatic rings. The van der Waals surface area contributed by atoms with Crippen LogP contribution in [0.2, 0.25) is 0 Å². The maximum absolute atomic E-state index is 10.4. The van der Waals surface area contributed by atoms with Crippen molar-refractivity contribution in [1.29, 1.82) is 0 Å². The lowest BCUT2D eigenvalue weighted by Crippen LogP contribution is -2.31. The summed E-state index contributed by atoms with van der Waals surface area (Å²) in [5, 5.41) is 21.9. The minimum absolute atomic E-state index is 0.264. The molecule has 4 N–H and O–H groups in total. The van der Waals surface area contributed by atoms with Crippen LogP contribution in [-0.4, -0.2) is 16.3 Å². The number of aliphatic hydroxyl groups is 1. The molecule has 1 saturated carbocycles. The Morgan fingerprint density at radius 1 is 1.00 bits per heavy atom. The van der Waals surface area contributed by atoms with Gasteiger partial charge in [-0.25, -0.2) is 0 Å². The molecule has 0 heterocycles.